The van der Waals surface area contributed by atoms with Gasteiger partial charge in [-0.1, -0.05) is 30.7 Å². The molecule has 0 aliphatic carbocycles. The van der Waals surface area contributed by atoms with Crippen LogP contribution in [0.3, 0.4) is 0 Å². The highest BCUT2D eigenvalue weighted by molar-refractivity contribution is 6.30. The van der Waals surface area contributed by atoms with Crippen LogP contribution < -0.4 is 5.73 Å². The number of hydrogen-bond acceptors (Lipinski definition) is 5. The summed E-state index contributed by atoms with van der Waals surface area (Å²) >= 11 is 6.10. The predicted molar refractivity (Wildman–Crippen MR) is 104 cm³/mol. The van der Waals surface area contributed by atoms with Crippen LogP contribution in [0.4, 0.5) is 0 Å². The smallest absolute Gasteiger partial charge is 0.220 e. The summed E-state index contributed by atoms with van der Waals surface area (Å²) in [5.41, 5.74) is 6.39. The Morgan fingerprint density at radius 3 is 2.48 bits per heavy atom. The molecule has 146 valence electrons. The van der Waals surface area contributed by atoms with E-state index < -0.39 is 0 Å². The van der Waals surface area contributed by atoms with E-state index in [0.29, 0.717) is 5.02 Å². The summed E-state index contributed by atoms with van der Waals surface area (Å²) in [7, 11) is 0. The Morgan fingerprint density at radius 1 is 1.30 bits per heavy atom. The minimum Gasteiger partial charge on any atom is -0.369 e. The third kappa shape index (κ3) is 4.14. The number of likely N-dealkylation sites (tertiary alicyclic amines) is 1. The lowest BCUT2D eigenvalue weighted by Crippen LogP contribution is -2.42. The Hall–Kier alpha value is -1.99. The maximum absolute atomic E-state index is 11.5. The van der Waals surface area contributed by atoms with Gasteiger partial charge in [0.2, 0.25) is 5.91 Å². The van der Waals surface area contributed by atoms with Gasteiger partial charge in [-0.05, 0) is 74.3 Å². The molecule has 1 aromatic heterocycles. The number of nitrogens with zero attached hydrogens (tertiary/aromatic N) is 5. The van der Waals surface area contributed by atoms with E-state index in [1.807, 2.05) is 28.9 Å². The molecule has 1 atom stereocenters. The van der Waals surface area contributed by atoms with Crippen LogP contribution in [0, 0.1) is 5.92 Å². The second-order valence-corrected chi connectivity index (χ2v) is 8.22. The number of rotatable bonds is 6. The molecule has 2 N–H and O–H groups in total. The fourth-order valence-corrected chi connectivity index (χ4v) is 3.68. The number of carbonyl (C=O) groups excluding carboxylic acids is 1. The molecule has 27 heavy (non-hydrogen) atoms. The first kappa shape index (κ1) is 19.8. The molecule has 1 fully saturated rings. The standard InChI is InChI=1S/C19H27ClN6O/c1-4-19(2,3)26-18(22-23-24-26)16(13-5-7-15(20)8-6-13)25-11-9-14(10-12-25)17(21)27/h5-8,14,16H,4,9-12H2,1-3H3,(H2,21,27). The highest BCUT2D eigenvalue weighted by Gasteiger charge is 2.35. The van der Waals surface area contributed by atoms with Gasteiger partial charge in [0.25, 0.3) is 0 Å². The topological polar surface area (TPSA) is 89.9 Å². The van der Waals surface area contributed by atoms with E-state index in [1.165, 1.54) is 0 Å². The van der Waals surface area contributed by atoms with Gasteiger partial charge >= 0.3 is 0 Å². The van der Waals surface area contributed by atoms with Crippen molar-refractivity contribution in [3.8, 4) is 0 Å². The fraction of sp³-hybridized carbons (Fsp3) is 0.579. The molecule has 0 saturated carbocycles. The number of primary amides is 1. The molecule has 1 unspecified atom stereocenters. The first-order chi connectivity index (χ1) is 12.8. The number of halogens is 1. The van der Waals surface area contributed by atoms with Gasteiger partial charge in [-0.2, -0.15) is 0 Å². The summed E-state index contributed by atoms with van der Waals surface area (Å²) in [5, 5.41) is 13.4. The molecule has 7 nitrogen and oxygen atoms in total. The molecule has 3 rings (SSSR count). The van der Waals surface area contributed by atoms with Crippen molar-refractivity contribution in [2.45, 2.75) is 51.6 Å². The van der Waals surface area contributed by atoms with Crippen molar-refractivity contribution in [1.29, 1.82) is 0 Å². The lowest BCUT2D eigenvalue weighted by Gasteiger charge is -2.37. The van der Waals surface area contributed by atoms with Crippen molar-refractivity contribution in [3.05, 3.63) is 40.7 Å². The van der Waals surface area contributed by atoms with E-state index in [0.717, 1.165) is 43.7 Å². The van der Waals surface area contributed by atoms with Gasteiger partial charge in [0.05, 0.1) is 11.6 Å². The van der Waals surface area contributed by atoms with E-state index in [2.05, 4.69) is 41.2 Å². The summed E-state index contributed by atoms with van der Waals surface area (Å²) < 4.78 is 1.92. The Morgan fingerprint density at radius 2 is 1.93 bits per heavy atom. The normalized spacial score (nSPS) is 17.8. The number of aromatic nitrogens is 4. The van der Waals surface area contributed by atoms with Gasteiger partial charge in [-0.3, -0.25) is 9.69 Å². The third-order valence-corrected chi connectivity index (χ3v) is 5.91. The number of benzene rings is 1. The van der Waals surface area contributed by atoms with Crippen LogP contribution in [0.15, 0.2) is 24.3 Å². The number of hydrogen-bond donors (Lipinski definition) is 1. The Bertz CT molecular complexity index is 780. The molecule has 1 aromatic carbocycles. The summed E-state index contributed by atoms with van der Waals surface area (Å²) in [4.78, 5) is 13.9. The monoisotopic (exact) mass is 390 g/mol. The first-order valence-corrected chi connectivity index (χ1v) is 9.79. The van der Waals surface area contributed by atoms with Gasteiger partial charge < -0.3 is 5.73 Å². The third-order valence-electron chi connectivity index (χ3n) is 5.66. The summed E-state index contributed by atoms with van der Waals surface area (Å²) in [6, 6.07) is 7.71. The Labute approximate surface area is 164 Å². The van der Waals surface area contributed by atoms with Gasteiger partial charge in [0.1, 0.15) is 0 Å². The van der Waals surface area contributed by atoms with Crippen molar-refractivity contribution >= 4 is 17.5 Å². The second kappa shape index (κ2) is 7.94. The average molecular weight is 391 g/mol. The molecular weight excluding hydrogens is 364 g/mol. The molecular formula is C19H27ClN6O. The zero-order valence-corrected chi connectivity index (χ0v) is 16.9. The fourth-order valence-electron chi connectivity index (χ4n) is 3.56. The second-order valence-electron chi connectivity index (χ2n) is 7.78. The van der Waals surface area contributed by atoms with Crippen molar-refractivity contribution < 1.29 is 4.79 Å². The number of carbonyl (C=O) groups is 1. The largest absolute Gasteiger partial charge is 0.369 e. The van der Waals surface area contributed by atoms with E-state index in [9.17, 15) is 4.79 Å². The minimum absolute atomic E-state index is 0.0600. The average Bonchev–Trinajstić information content (AvgIpc) is 3.14. The summed E-state index contributed by atoms with van der Waals surface area (Å²) in [5.74, 6) is 0.534. The van der Waals surface area contributed by atoms with E-state index in [4.69, 9.17) is 17.3 Å². The van der Waals surface area contributed by atoms with Crippen LogP contribution in [0.25, 0.3) is 0 Å². The number of tetrazole rings is 1. The maximum atomic E-state index is 11.5. The van der Waals surface area contributed by atoms with Crippen molar-refractivity contribution in [2.24, 2.45) is 11.7 Å². The lowest BCUT2D eigenvalue weighted by atomic mass is 9.93. The molecule has 0 spiro atoms. The van der Waals surface area contributed by atoms with Gasteiger partial charge in [0.15, 0.2) is 5.82 Å². The Balaban J connectivity index is 1.99. The number of piperidine rings is 1. The molecule has 2 aromatic rings. The van der Waals surface area contributed by atoms with Gasteiger partial charge in [0, 0.05) is 10.9 Å². The predicted octanol–water partition coefficient (Wildman–Crippen LogP) is 2.76. The van der Waals surface area contributed by atoms with Gasteiger partial charge in [-0.15, -0.1) is 5.10 Å². The molecule has 1 saturated heterocycles. The summed E-state index contributed by atoms with van der Waals surface area (Å²) in [6.45, 7) is 7.91. The van der Waals surface area contributed by atoms with Crippen LogP contribution in [0.5, 0.6) is 0 Å². The van der Waals surface area contributed by atoms with E-state index >= 15 is 0 Å². The molecule has 8 heteroatoms. The Kier molecular flexibility index (Phi) is 5.81. The van der Waals surface area contributed by atoms with E-state index in [1.54, 1.807) is 0 Å². The lowest BCUT2D eigenvalue weighted by molar-refractivity contribution is -0.123. The molecule has 1 amide bonds. The van der Waals surface area contributed by atoms with Crippen LogP contribution in [-0.4, -0.2) is 44.1 Å². The summed E-state index contributed by atoms with van der Waals surface area (Å²) in [6.07, 6.45) is 2.40. The van der Waals surface area contributed by atoms with Gasteiger partial charge in [-0.25, -0.2) is 4.68 Å². The van der Waals surface area contributed by atoms with Crippen molar-refractivity contribution in [3.63, 3.8) is 0 Å². The van der Waals surface area contributed by atoms with Crippen molar-refractivity contribution in [1.82, 2.24) is 25.1 Å². The highest BCUT2D eigenvalue weighted by atomic mass is 35.5. The zero-order valence-electron chi connectivity index (χ0n) is 16.1. The number of nitrogens with two attached hydrogens (primary N) is 1. The van der Waals surface area contributed by atoms with Crippen molar-refractivity contribution in [2.75, 3.05) is 13.1 Å². The maximum Gasteiger partial charge on any atom is 0.220 e. The molecule has 0 radical (unpaired) electrons. The molecule has 0 bridgehead atoms. The van der Waals surface area contributed by atoms with Crippen LogP contribution in [0.2, 0.25) is 5.02 Å². The van der Waals surface area contributed by atoms with Crippen LogP contribution in [0.1, 0.15) is 57.5 Å². The molecule has 1 aliphatic heterocycles. The highest BCUT2D eigenvalue weighted by Crippen LogP contribution is 2.34. The first-order valence-electron chi connectivity index (χ1n) is 9.41. The SMILES string of the molecule is CCC(C)(C)n1nnnc1C(c1ccc(Cl)cc1)N1CCC(C(N)=O)CC1. The van der Waals surface area contributed by atoms with E-state index in [-0.39, 0.29) is 23.4 Å². The molecule has 1 aliphatic rings. The zero-order chi connectivity index (χ0) is 19.6. The van der Waals surface area contributed by atoms with Crippen LogP contribution >= 0.6 is 11.6 Å². The quantitative estimate of drug-likeness (QED) is 0.818. The number of amides is 1. The molecule has 2 heterocycles. The minimum atomic E-state index is -0.213. The van der Waals surface area contributed by atoms with Crippen LogP contribution in [-0.2, 0) is 10.3 Å².